The van der Waals surface area contributed by atoms with Crippen molar-refractivity contribution in [1.29, 1.82) is 0 Å². The molecule has 1 atom stereocenters. The first-order valence-corrected chi connectivity index (χ1v) is 5.87. The Balaban J connectivity index is 2.08. The molecule has 2 aromatic rings. The lowest BCUT2D eigenvalue weighted by atomic mass is 10.1. The normalized spacial score (nSPS) is 12.4. The van der Waals surface area contributed by atoms with Crippen molar-refractivity contribution in [2.24, 2.45) is 0 Å². The monoisotopic (exact) mass is 235 g/mol. The molecular formula is C12H13NO2S. The maximum absolute atomic E-state index is 9.96. The Labute approximate surface area is 98.4 Å². The van der Waals surface area contributed by atoms with Gasteiger partial charge in [0.1, 0.15) is 5.75 Å². The van der Waals surface area contributed by atoms with Crippen LogP contribution in [0.25, 0.3) is 0 Å². The highest BCUT2D eigenvalue weighted by Gasteiger charge is 2.10. The molecule has 2 rings (SSSR count). The number of thiazole rings is 1. The van der Waals surface area contributed by atoms with Crippen molar-refractivity contribution in [1.82, 2.24) is 4.98 Å². The van der Waals surface area contributed by atoms with Crippen molar-refractivity contribution >= 4 is 11.3 Å². The first-order valence-electron chi connectivity index (χ1n) is 4.99. The first kappa shape index (κ1) is 11.1. The van der Waals surface area contributed by atoms with Crippen LogP contribution in [0.4, 0.5) is 0 Å². The van der Waals surface area contributed by atoms with Gasteiger partial charge >= 0.3 is 0 Å². The lowest BCUT2D eigenvalue weighted by Crippen LogP contribution is -1.99. The Morgan fingerprint density at radius 2 is 2.38 bits per heavy atom. The molecule has 84 valence electrons. The summed E-state index contributed by atoms with van der Waals surface area (Å²) in [6.45, 7) is 0. The third-order valence-electron chi connectivity index (χ3n) is 2.34. The van der Waals surface area contributed by atoms with Crippen LogP contribution in [-0.2, 0) is 6.42 Å². The molecule has 1 heterocycles. The summed E-state index contributed by atoms with van der Waals surface area (Å²) >= 11 is 1.47. The average molecular weight is 235 g/mol. The van der Waals surface area contributed by atoms with E-state index >= 15 is 0 Å². The minimum Gasteiger partial charge on any atom is -0.497 e. The summed E-state index contributed by atoms with van der Waals surface area (Å²) in [5, 5.41) is 9.96. The smallest absolute Gasteiger partial charge is 0.119 e. The Hall–Kier alpha value is -1.39. The minimum absolute atomic E-state index is 0.486. The fourth-order valence-electron chi connectivity index (χ4n) is 1.51. The number of hydrogen-bond acceptors (Lipinski definition) is 4. The van der Waals surface area contributed by atoms with Crippen LogP contribution in [-0.4, -0.2) is 17.2 Å². The van der Waals surface area contributed by atoms with Gasteiger partial charge in [0.2, 0.25) is 0 Å². The van der Waals surface area contributed by atoms with E-state index in [-0.39, 0.29) is 0 Å². The van der Waals surface area contributed by atoms with Crippen molar-refractivity contribution in [2.45, 2.75) is 12.5 Å². The van der Waals surface area contributed by atoms with Crippen LogP contribution < -0.4 is 4.74 Å². The van der Waals surface area contributed by atoms with Gasteiger partial charge in [0.15, 0.2) is 0 Å². The lowest BCUT2D eigenvalue weighted by molar-refractivity contribution is 0.182. The van der Waals surface area contributed by atoms with Crippen molar-refractivity contribution in [2.75, 3.05) is 7.11 Å². The second-order valence-electron chi connectivity index (χ2n) is 3.48. The fraction of sp³-hybridized carbons (Fsp3) is 0.250. The summed E-state index contributed by atoms with van der Waals surface area (Å²) < 4.78 is 5.14. The van der Waals surface area contributed by atoms with Crippen molar-refractivity contribution < 1.29 is 9.84 Å². The Morgan fingerprint density at radius 3 is 3.06 bits per heavy atom. The molecule has 0 aliphatic heterocycles. The summed E-state index contributed by atoms with van der Waals surface area (Å²) in [6, 6.07) is 7.73. The molecule has 0 saturated heterocycles. The Bertz CT molecular complexity index is 442. The second-order valence-corrected chi connectivity index (χ2v) is 4.39. The van der Waals surface area contributed by atoms with E-state index in [1.54, 1.807) is 18.8 Å². The maximum atomic E-state index is 9.96. The van der Waals surface area contributed by atoms with E-state index in [1.807, 2.05) is 24.3 Å². The standard InChI is InChI=1S/C12H13NO2S/c1-15-10-4-2-3-9(5-10)6-11(14)12-7-13-8-16-12/h2-5,7-8,11,14H,6H2,1H3. The van der Waals surface area contributed by atoms with Crippen LogP contribution >= 0.6 is 11.3 Å². The van der Waals surface area contributed by atoms with E-state index in [0.717, 1.165) is 16.2 Å². The van der Waals surface area contributed by atoms with E-state index in [4.69, 9.17) is 4.74 Å². The van der Waals surface area contributed by atoms with Gasteiger partial charge in [0.05, 0.1) is 23.6 Å². The van der Waals surface area contributed by atoms with Crippen molar-refractivity contribution in [3.05, 3.63) is 46.4 Å². The average Bonchev–Trinajstić information content (AvgIpc) is 2.83. The van der Waals surface area contributed by atoms with Crippen LogP contribution in [0, 0.1) is 0 Å². The quantitative estimate of drug-likeness (QED) is 0.885. The van der Waals surface area contributed by atoms with Crippen molar-refractivity contribution in [3.8, 4) is 5.75 Å². The topological polar surface area (TPSA) is 42.4 Å². The van der Waals surface area contributed by atoms with Crippen LogP contribution in [0.1, 0.15) is 16.5 Å². The summed E-state index contributed by atoms with van der Waals surface area (Å²) in [7, 11) is 1.64. The number of rotatable bonds is 4. The molecule has 3 nitrogen and oxygen atoms in total. The highest BCUT2D eigenvalue weighted by Crippen LogP contribution is 2.23. The number of aliphatic hydroxyl groups excluding tert-OH is 1. The van der Waals surface area contributed by atoms with Gasteiger partial charge < -0.3 is 9.84 Å². The number of hydrogen-bond donors (Lipinski definition) is 1. The van der Waals surface area contributed by atoms with Gasteiger partial charge in [-0.2, -0.15) is 0 Å². The van der Waals surface area contributed by atoms with Crippen LogP contribution in [0.5, 0.6) is 5.75 Å². The molecule has 0 amide bonds. The van der Waals surface area contributed by atoms with E-state index in [9.17, 15) is 5.11 Å². The summed E-state index contributed by atoms with van der Waals surface area (Å²) in [4.78, 5) is 4.84. The molecule has 1 aromatic heterocycles. The van der Waals surface area contributed by atoms with Gasteiger partial charge in [-0.3, -0.25) is 4.98 Å². The summed E-state index contributed by atoms with van der Waals surface area (Å²) in [5.41, 5.74) is 2.78. The van der Waals surface area contributed by atoms with Crippen LogP contribution in [0.15, 0.2) is 36.0 Å². The molecule has 16 heavy (non-hydrogen) atoms. The third kappa shape index (κ3) is 2.59. The minimum atomic E-state index is -0.486. The van der Waals surface area contributed by atoms with Crippen molar-refractivity contribution in [3.63, 3.8) is 0 Å². The molecule has 4 heteroatoms. The number of ether oxygens (including phenoxy) is 1. The number of benzene rings is 1. The zero-order chi connectivity index (χ0) is 11.4. The molecule has 0 fully saturated rings. The van der Waals surface area contributed by atoms with E-state index in [0.29, 0.717) is 6.42 Å². The van der Waals surface area contributed by atoms with E-state index in [2.05, 4.69) is 4.98 Å². The molecule has 0 bridgehead atoms. The van der Waals surface area contributed by atoms with Gasteiger partial charge in [-0.25, -0.2) is 0 Å². The molecule has 0 saturated carbocycles. The molecule has 0 radical (unpaired) electrons. The Kier molecular flexibility index (Phi) is 3.54. The van der Waals surface area contributed by atoms with Gasteiger partial charge in [0.25, 0.3) is 0 Å². The fourth-order valence-corrected chi connectivity index (χ4v) is 2.12. The predicted molar refractivity (Wildman–Crippen MR) is 63.8 cm³/mol. The van der Waals surface area contributed by atoms with Crippen LogP contribution in [0.3, 0.4) is 0 Å². The lowest BCUT2D eigenvalue weighted by Gasteiger charge is -2.09. The number of methoxy groups -OCH3 is 1. The third-order valence-corrected chi connectivity index (χ3v) is 3.22. The van der Waals surface area contributed by atoms with E-state index in [1.165, 1.54) is 11.3 Å². The molecule has 0 aliphatic rings. The molecule has 1 N–H and O–H groups in total. The molecule has 0 spiro atoms. The SMILES string of the molecule is COc1cccc(CC(O)c2cncs2)c1. The highest BCUT2D eigenvalue weighted by atomic mass is 32.1. The zero-order valence-corrected chi connectivity index (χ0v) is 9.78. The molecule has 1 unspecified atom stereocenters. The number of aromatic nitrogens is 1. The maximum Gasteiger partial charge on any atom is 0.119 e. The second kappa shape index (κ2) is 5.09. The molecule has 0 aliphatic carbocycles. The molecular weight excluding hydrogens is 222 g/mol. The van der Waals surface area contributed by atoms with Gasteiger partial charge in [0, 0.05) is 12.6 Å². The first-order chi connectivity index (χ1) is 7.79. The summed E-state index contributed by atoms with van der Waals surface area (Å²) in [6.07, 6.45) is 1.80. The zero-order valence-electron chi connectivity index (χ0n) is 8.96. The highest BCUT2D eigenvalue weighted by molar-refractivity contribution is 7.09. The number of aliphatic hydroxyl groups is 1. The Morgan fingerprint density at radius 1 is 1.50 bits per heavy atom. The number of nitrogens with zero attached hydrogens (tertiary/aromatic N) is 1. The van der Waals surface area contributed by atoms with Gasteiger partial charge in [-0.1, -0.05) is 12.1 Å². The summed E-state index contributed by atoms with van der Waals surface area (Å²) in [5.74, 6) is 0.814. The largest absolute Gasteiger partial charge is 0.497 e. The predicted octanol–water partition coefficient (Wildman–Crippen LogP) is 2.43. The molecule has 1 aromatic carbocycles. The van der Waals surface area contributed by atoms with E-state index < -0.39 is 6.10 Å². The van der Waals surface area contributed by atoms with Crippen LogP contribution in [0.2, 0.25) is 0 Å². The van der Waals surface area contributed by atoms with Gasteiger partial charge in [-0.15, -0.1) is 11.3 Å². The van der Waals surface area contributed by atoms with Gasteiger partial charge in [-0.05, 0) is 17.7 Å².